The second-order valence-corrected chi connectivity index (χ2v) is 5.64. The van der Waals surface area contributed by atoms with Gasteiger partial charge in [-0.15, -0.1) is 0 Å². The molecule has 0 saturated heterocycles. The highest BCUT2D eigenvalue weighted by molar-refractivity contribution is 6.32. The van der Waals surface area contributed by atoms with Crippen LogP contribution in [-0.4, -0.2) is 18.5 Å². The molecule has 1 aromatic rings. The average Bonchev–Trinajstić information content (AvgIpc) is 2.22. The Labute approximate surface area is 103 Å². The maximum absolute atomic E-state index is 6.50. The summed E-state index contributed by atoms with van der Waals surface area (Å²) in [6.45, 7) is 6.64. The lowest BCUT2D eigenvalue weighted by Gasteiger charge is -2.26. The molecule has 88 valence electrons. The van der Waals surface area contributed by atoms with Gasteiger partial charge in [-0.1, -0.05) is 37.6 Å². The molecule has 1 aliphatic rings. The zero-order valence-electron chi connectivity index (χ0n) is 10.4. The molecule has 0 N–H and O–H groups in total. The van der Waals surface area contributed by atoms with E-state index < -0.39 is 0 Å². The van der Waals surface area contributed by atoms with Crippen LogP contribution in [0.2, 0.25) is 5.02 Å². The third kappa shape index (κ3) is 2.41. The van der Waals surface area contributed by atoms with E-state index >= 15 is 0 Å². The first-order chi connectivity index (χ1) is 7.58. The number of fused-ring (bicyclic) bond motifs is 1. The standard InChI is InChI=1S/C14H20ClN/c1-10(2)8-11-4-5-12-9-16(3)7-6-13(12)14(11)15/h4-5,10H,6-9H2,1-3H3. The summed E-state index contributed by atoms with van der Waals surface area (Å²) in [6, 6.07) is 4.47. The molecule has 0 amide bonds. The molecular formula is C14H20ClN. The number of likely N-dealkylation sites (N-methyl/N-ethyl adjacent to an activating group) is 1. The summed E-state index contributed by atoms with van der Waals surface area (Å²) in [5.41, 5.74) is 4.11. The molecular weight excluding hydrogens is 218 g/mol. The Morgan fingerprint density at radius 3 is 2.81 bits per heavy atom. The summed E-state index contributed by atoms with van der Waals surface area (Å²) >= 11 is 6.50. The molecule has 1 aliphatic heterocycles. The van der Waals surface area contributed by atoms with Crippen LogP contribution in [0.4, 0.5) is 0 Å². The van der Waals surface area contributed by atoms with Crippen molar-refractivity contribution in [3.63, 3.8) is 0 Å². The number of nitrogens with zero attached hydrogens (tertiary/aromatic N) is 1. The van der Waals surface area contributed by atoms with Crippen molar-refractivity contribution < 1.29 is 0 Å². The average molecular weight is 238 g/mol. The summed E-state index contributed by atoms with van der Waals surface area (Å²) in [5, 5.41) is 1.03. The molecule has 0 saturated carbocycles. The zero-order valence-corrected chi connectivity index (χ0v) is 11.1. The quantitative estimate of drug-likeness (QED) is 0.761. The predicted octanol–water partition coefficient (Wildman–Crippen LogP) is 3.53. The maximum Gasteiger partial charge on any atom is 0.0473 e. The van der Waals surface area contributed by atoms with E-state index in [0.717, 1.165) is 31.0 Å². The molecule has 2 rings (SSSR count). The monoisotopic (exact) mass is 237 g/mol. The van der Waals surface area contributed by atoms with Gasteiger partial charge < -0.3 is 4.90 Å². The van der Waals surface area contributed by atoms with Crippen molar-refractivity contribution in [3.05, 3.63) is 33.8 Å². The Morgan fingerprint density at radius 1 is 1.38 bits per heavy atom. The Hall–Kier alpha value is -0.530. The number of benzene rings is 1. The summed E-state index contributed by atoms with van der Waals surface area (Å²) in [7, 11) is 2.17. The first-order valence-corrected chi connectivity index (χ1v) is 6.43. The topological polar surface area (TPSA) is 3.24 Å². The Balaban J connectivity index is 2.32. The third-order valence-corrected chi connectivity index (χ3v) is 3.70. The Morgan fingerprint density at radius 2 is 2.12 bits per heavy atom. The molecule has 0 fully saturated rings. The lowest BCUT2D eigenvalue weighted by molar-refractivity contribution is 0.313. The zero-order chi connectivity index (χ0) is 11.7. The Bertz CT molecular complexity index is 385. The van der Waals surface area contributed by atoms with Gasteiger partial charge >= 0.3 is 0 Å². The summed E-state index contributed by atoms with van der Waals surface area (Å²) in [4.78, 5) is 2.35. The van der Waals surface area contributed by atoms with Gasteiger partial charge in [0.2, 0.25) is 0 Å². The van der Waals surface area contributed by atoms with Gasteiger partial charge in [0.15, 0.2) is 0 Å². The van der Waals surface area contributed by atoms with Crippen LogP contribution in [0, 0.1) is 5.92 Å². The molecule has 0 aromatic heterocycles. The van der Waals surface area contributed by atoms with E-state index in [1.807, 2.05) is 0 Å². The van der Waals surface area contributed by atoms with Gasteiger partial charge in [0.05, 0.1) is 0 Å². The molecule has 2 heteroatoms. The van der Waals surface area contributed by atoms with E-state index in [1.54, 1.807) is 0 Å². The minimum atomic E-state index is 0.668. The van der Waals surface area contributed by atoms with Gasteiger partial charge in [-0.25, -0.2) is 0 Å². The lowest BCUT2D eigenvalue weighted by atomic mass is 9.94. The van der Waals surface area contributed by atoms with Crippen molar-refractivity contribution in [2.24, 2.45) is 5.92 Å². The largest absolute Gasteiger partial charge is 0.302 e. The molecule has 0 radical (unpaired) electrons. The van der Waals surface area contributed by atoms with Gasteiger partial charge in [0.25, 0.3) is 0 Å². The number of hydrogen-bond acceptors (Lipinski definition) is 1. The fourth-order valence-corrected chi connectivity index (χ4v) is 2.75. The van der Waals surface area contributed by atoms with E-state index in [-0.39, 0.29) is 0 Å². The first-order valence-electron chi connectivity index (χ1n) is 6.05. The molecule has 1 nitrogen and oxygen atoms in total. The third-order valence-electron chi connectivity index (χ3n) is 3.23. The van der Waals surface area contributed by atoms with Crippen molar-refractivity contribution in [2.75, 3.05) is 13.6 Å². The van der Waals surface area contributed by atoms with Crippen LogP contribution in [0.1, 0.15) is 30.5 Å². The first kappa shape index (κ1) is 11.9. The molecule has 1 aromatic carbocycles. The van der Waals surface area contributed by atoms with E-state index in [2.05, 4.69) is 37.9 Å². The number of hydrogen-bond donors (Lipinski definition) is 0. The summed E-state index contributed by atoms with van der Waals surface area (Å²) in [5.74, 6) is 0.668. The minimum absolute atomic E-state index is 0.668. The second-order valence-electron chi connectivity index (χ2n) is 5.26. The van der Waals surface area contributed by atoms with E-state index in [4.69, 9.17) is 11.6 Å². The maximum atomic E-state index is 6.50. The van der Waals surface area contributed by atoms with Crippen LogP contribution in [0.25, 0.3) is 0 Å². The highest BCUT2D eigenvalue weighted by atomic mass is 35.5. The molecule has 16 heavy (non-hydrogen) atoms. The van der Waals surface area contributed by atoms with Gasteiger partial charge in [-0.05, 0) is 42.5 Å². The van der Waals surface area contributed by atoms with Gasteiger partial charge in [-0.2, -0.15) is 0 Å². The Kier molecular flexibility index (Phi) is 3.56. The molecule has 1 heterocycles. The van der Waals surface area contributed by atoms with Crippen molar-refractivity contribution >= 4 is 11.6 Å². The predicted molar refractivity (Wildman–Crippen MR) is 70.0 cm³/mol. The van der Waals surface area contributed by atoms with Gasteiger partial charge in [0, 0.05) is 18.1 Å². The van der Waals surface area contributed by atoms with Crippen molar-refractivity contribution in [1.82, 2.24) is 4.90 Å². The normalized spacial score (nSPS) is 16.6. The summed E-state index contributed by atoms with van der Waals surface area (Å²) in [6.07, 6.45) is 2.18. The van der Waals surface area contributed by atoms with E-state index in [0.29, 0.717) is 5.92 Å². The lowest BCUT2D eigenvalue weighted by Crippen LogP contribution is -2.26. The highest BCUT2D eigenvalue weighted by Gasteiger charge is 2.17. The van der Waals surface area contributed by atoms with Crippen LogP contribution in [0.15, 0.2) is 12.1 Å². The number of halogens is 1. The minimum Gasteiger partial charge on any atom is -0.302 e. The van der Waals surface area contributed by atoms with Gasteiger partial charge in [0.1, 0.15) is 0 Å². The van der Waals surface area contributed by atoms with Crippen LogP contribution >= 0.6 is 11.6 Å². The smallest absolute Gasteiger partial charge is 0.0473 e. The van der Waals surface area contributed by atoms with Crippen LogP contribution in [0.3, 0.4) is 0 Å². The number of rotatable bonds is 2. The molecule has 0 spiro atoms. The van der Waals surface area contributed by atoms with Crippen LogP contribution < -0.4 is 0 Å². The van der Waals surface area contributed by atoms with Crippen LogP contribution in [0.5, 0.6) is 0 Å². The van der Waals surface area contributed by atoms with Crippen molar-refractivity contribution in [2.45, 2.75) is 33.2 Å². The van der Waals surface area contributed by atoms with Crippen LogP contribution in [-0.2, 0) is 19.4 Å². The molecule has 0 aliphatic carbocycles. The van der Waals surface area contributed by atoms with Crippen molar-refractivity contribution in [1.29, 1.82) is 0 Å². The van der Waals surface area contributed by atoms with E-state index in [9.17, 15) is 0 Å². The van der Waals surface area contributed by atoms with E-state index in [1.165, 1.54) is 16.7 Å². The molecule has 0 bridgehead atoms. The highest BCUT2D eigenvalue weighted by Crippen LogP contribution is 2.30. The fraction of sp³-hybridized carbons (Fsp3) is 0.571. The fourth-order valence-electron chi connectivity index (χ4n) is 2.40. The SMILES string of the molecule is CC(C)Cc1ccc2c(c1Cl)CCN(C)C2. The summed E-state index contributed by atoms with van der Waals surface area (Å²) < 4.78 is 0. The van der Waals surface area contributed by atoms with Gasteiger partial charge in [-0.3, -0.25) is 0 Å². The second kappa shape index (κ2) is 4.77. The van der Waals surface area contributed by atoms with Crippen molar-refractivity contribution in [3.8, 4) is 0 Å². The molecule has 0 atom stereocenters. The molecule has 0 unspecified atom stereocenters.